The van der Waals surface area contributed by atoms with Gasteiger partial charge in [-0.05, 0) is 0 Å². The Hall–Kier alpha value is -2.44. The Bertz CT molecular complexity index is 1060. The molecule has 0 atom stereocenters. The van der Waals surface area contributed by atoms with Crippen LogP contribution < -0.4 is 15.9 Å². The summed E-state index contributed by atoms with van der Waals surface area (Å²) in [6, 6.07) is 21.8. The van der Waals surface area contributed by atoms with Crippen molar-refractivity contribution in [2.75, 3.05) is 6.16 Å². The summed E-state index contributed by atoms with van der Waals surface area (Å²) in [4.78, 5) is 10.7. The fraction of sp³-hybridized carbons (Fsp3) is 0.472. The zero-order valence-corrected chi connectivity index (χ0v) is 26.3. The van der Waals surface area contributed by atoms with Crippen LogP contribution in [0.15, 0.2) is 54.6 Å². The molecule has 0 spiro atoms. The number of carboxylic acids is 1. The summed E-state index contributed by atoms with van der Waals surface area (Å²) in [5.74, 6) is -0.669. The Balaban J connectivity index is 1.86. The van der Waals surface area contributed by atoms with Crippen LogP contribution in [0.3, 0.4) is 0 Å². The number of aliphatic carboxylic acids is 1. The van der Waals surface area contributed by atoms with Crippen molar-refractivity contribution in [3.8, 4) is 0 Å². The Morgan fingerprint density at radius 1 is 0.487 bits per heavy atom. The minimum absolute atomic E-state index is 0.313. The summed E-state index contributed by atoms with van der Waals surface area (Å²) in [6.07, 6.45) is 12.1. The first-order valence-corrected chi connectivity index (χ1v) is 17.3. The third kappa shape index (κ3) is 9.04. The molecule has 0 aliphatic heterocycles. The Morgan fingerprint density at radius 2 is 0.769 bits per heavy atom. The molecule has 0 saturated carbocycles. The molecule has 1 N–H and O–H groups in total. The number of carbonyl (C=O) groups is 1. The molecule has 2 nitrogen and oxygen atoms in total. The monoisotopic (exact) mass is 546 g/mol. The van der Waals surface area contributed by atoms with Gasteiger partial charge in [-0.15, -0.1) is 0 Å². The average molecular weight is 547 g/mol. The fourth-order valence-electron chi connectivity index (χ4n) is 6.50. The maximum absolute atomic E-state index is 10.7. The van der Waals surface area contributed by atoms with E-state index in [1.807, 2.05) is 0 Å². The van der Waals surface area contributed by atoms with Gasteiger partial charge in [-0.1, -0.05) is 0 Å². The van der Waals surface area contributed by atoms with Crippen molar-refractivity contribution < 1.29 is 9.90 Å². The average Bonchev–Trinajstić information content (AvgIpc) is 2.83. The molecule has 0 heterocycles. The first-order chi connectivity index (χ1) is 18.6. The number of hydrogen-bond acceptors (Lipinski definition) is 1. The molecule has 0 bridgehead atoms. The van der Waals surface area contributed by atoms with Crippen LogP contribution in [-0.2, 0) is 4.79 Å². The molecule has 0 aromatic heterocycles. The standard InChI is InChI=1S/C36H51O2P/c1-27-18-28(2)22-33(21-27)39(34-23-29(3)19-30(4)24-34,35-25-31(5)20-32(6)26-35)17-15-13-11-9-7-8-10-12-14-16-36(37)38/h18-26,39H,7-17H2,1-6H3,(H,37,38). The van der Waals surface area contributed by atoms with Gasteiger partial charge in [0.2, 0.25) is 0 Å². The molecule has 3 rings (SSSR count). The van der Waals surface area contributed by atoms with Crippen LogP contribution >= 0.6 is 7.26 Å². The quantitative estimate of drug-likeness (QED) is 0.153. The minimum atomic E-state index is -2.26. The molecular weight excluding hydrogens is 495 g/mol. The van der Waals surface area contributed by atoms with Crippen LogP contribution in [0.25, 0.3) is 0 Å². The normalized spacial score (nSPS) is 12.1. The van der Waals surface area contributed by atoms with E-state index < -0.39 is 13.2 Å². The SMILES string of the molecule is Cc1cc(C)cc([PH](CCCCCCCCCCCC(=O)O)(c2cc(C)cc(C)c2)c2cc(C)cc(C)c2)c1. The number of benzene rings is 3. The Kier molecular flexibility index (Phi) is 11.8. The third-order valence-electron chi connectivity index (χ3n) is 8.09. The number of rotatable bonds is 15. The van der Waals surface area contributed by atoms with E-state index in [4.69, 9.17) is 5.11 Å². The molecule has 39 heavy (non-hydrogen) atoms. The molecule has 212 valence electrons. The van der Waals surface area contributed by atoms with E-state index in [9.17, 15) is 4.79 Å². The van der Waals surface area contributed by atoms with Crippen molar-refractivity contribution in [1.29, 1.82) is 0 Å². The summed E-state index contributed by atoms with van der Waals surface area (Å²) in [5, 5.41) is 13.5. The number of hydrogen-bond donors (Lipinski definition) is 1. The maximum atomic E-state index is 10.7. The molecule has 3 heteroatoms. The summed E-state index contributed by atoms with van der Waals surface area (Å²) in [7, 11) is -2.26. The van der Waals surface area contributed by atoms with Crippen molar-refractivity contribution in [3.63, 3.8) is 0 Å². The van der Waals surface area contributed by atoms with Gasteiger partial charge in [0.05, 0.1) is 0 Å². The van der Waals surface area contributed by atoms with Gasteiger partial charge in [0, 0.05) is 0 Å². The summed E-state index contributed by atoms with van der Waals surface area (Å²) in [5.41, 5.74) is 8.16. The van der Waals surface area contributed by atoms with E-state index in [0.29, 0.717) is 6.42 Å². The number of carboxylic acid groups (broad SMARTS) is 1. The second kappa shape index (κ2) is 14.8. The topological polar surface area (TPSA) is 37.3 Å². The molecular formula is C36H51O2P. The van der Waals surface area contributed by atoms with Crippen molar-refractivity contribution in [2.24, 2.45) is 0 Å². The van der Waals surface area contributed by atoms with Crippen LogP contribution in [0.2, 0.25) is 0 Å². The van der Waals surface area contributed by atoms with E-state index >= 15 is 0 Å². The predicted molar refractivity (Wildman–Crippen MR) is 174 cm³/mol. The first-order valence-electron chi connectivity index (χ1n) is 15.1. The molecule has 0 radical (unpaired) electrons. The fourth-order valence-corrected chi connectivity index (χ4v) is 12.0. The van der Waals surface area contributed by atoms with Crippen LogP contribution in [0.1, 0.15) is 97.6 Å². The van der Waals surface area contributed by atoms with Crippen molar-refractivity contribution >= 4 is 29.1 Å². The molecule has 0 amide bonds. The van der Waals surface area contributed by atoms with Gasteiger partial charge in [-0.3, -0.25) is 4.79 Å². The second-order valence-electron chi connectivity index (χ2n) is 12.1. The van der Waals surface area contributed by atoms with Gasteiger partial charge < -0.3 is 5.11 Å². The van der Waals surface area contributed by atoms with Gasteiger partial charge in [-0.25, -0.2) is 0 Å². The van der Waals surface area contributed by atoms with E-state index in [1.165, 1.54) is 78.1 Å². The van der Waals surface area contributed by atoms with E-state index in [0.717, 1.165) is 19.3 Å². The van der Waals surface area contributed by atoms with E-state index in [2.05, 4.69) is 96.1 Å². The molecule has 3 aromatic rings. The first kappa shape index (κ1) is 31.1. The second-order valence-corrected chi connectivity index (χ2v) is 16.2. The molecule has 0 saturated heterocycles. The van der Waals surface area contributed by atoms with Gasteiger partial charge in [0.15, 0.2) is 0 Å². The summed E-state index contributed by atoms with van der Waals surface area (Å²) >= 11 is 0. The van der Waals surface area contributed by atoms with Gasteiger partial charge in [0.1, 0.15) is 0 Å². The van der Waals surface area contributed by atoms with Crippen molar-refractivity contribution in [3.05, 3.63) is 88.0 Å². The van der Waals surface area contributed by atoms with Crippen molar-refractivity contribution in [1.82, 2.24) is 0 Å². The molecule has 0 aliphatic rings. The number of unbranched alkanes of at least 4 members (excludes halogenated alkanes) is 8. The summed E-state index contributed by atoms with van der Waals surface area (Å²) < 4.78 is 0. The van der Waals surface area contributed by atoms with Crippen LogP contribution in [0, 0.1) is 41.5 Å². The molecule has 0 aliphatic carbocycles. The van der Waals surface area contributed by atoms with E-state index in [-0.39, 0.29) is 0 Å². The molecule has 3 aromatic carbocycles. The molecule has 0 fully saturated rings. The zero-order chi connectivity index (χ0) is 28.4. The summed E-state index contributed by atoms with van der Waals surface area (Å²) in [6.45, 7) is 13.5. The Labute approximate surface area is 238 Å². The van der Waals surface area contributed by atoms with Crippen LogP contribution in [0.5, 0.6) is 0 Å². The van der Waals surface area contributed by atoms with E-state index in [1.54, 1.807) is 15.9 Å². The van der Waals surface area contributed by atoms with Gasteiger partial charge in [-0.2, -0.15) is 0 Å². The Morgan fingerprint density at radius 3 is 1.08 bits per heavy atom. The predicted octanol–water partition coefficient (Wildman–Crippen LogP) is 8.55. The van der Waals surface area contributed by atoms with Gasteiger partial charge >= 0.3 is 229 Å². The van der Waals surface area contributed by atoms with Crippen LogP contribution in [0.4, 0.5) is 0 Å². The third-order valence-corrected chi connectivity index (χ3v) is 13.0. The number of aryl methyl sites for hydroxylation is 6. The van der Waals surface area contributed by atoms with Crippen LogP contribution in [-0.4, -0.2) is 17.2 Å². The van der Waals surface area contributed by atoms with Gasteiger partial charge in [0.25, 0.3) is 0 Å². The van der Waals surface area contributed by atoms with Crippen molar-refractivity contribution in [2.45, 2.75) is 106 Å². The molecule has 0 unspecified atom stereocenters. The zero-order valence-electron chi connectivity index (χ0n) is 25.3.